The summed E-state index contributed by atoms with van der Waals surface area (Å²) in [6.07, 6.45) is -6.68. The molecule has 1 saturated carbocycles. The number of rotatable bonds is 9. The zero-order valence-electron chi connectivity index (χ0n) is 19.6. The standard InChI is InChI=1S/C25H24F10O2/c1-36-12-37-16-6-4-13(5-7-16)2-3-14-8-17(26)21(18(27)9-14)15-10-19(28)22(20(29)11-15)24(31,32)23(30)25(33,34)35/h8-11,13,16,23H,2-7,12H2,1H3. The Morgan fingerprint density at radius 2 is 1.38 bits per heavy atom. The second kappa shape index (κ2) is 11.6. The van der Waals surface area contributed by atoms with Gasteiger partial charge in [0.05, 0.1) is 17.2 Å². The first-order chi connectivity index (χ1) is 17.3. The number of hydrogen-bond donors (Lipinski definition) is 0. The molecule has 0 aliphatic heterocycles. The number of aryl methyl sites for hydroxylation is 1. The molecule has 2 nitrogen and oxygen atoms in total. The summed E-state index contributed by atoms with van der Waals surface area (Å²) in [6, 6.07) is 1.96. The van der Waals surface area contributed by atoms with E-state index in [1.54, 1.807) is 0 Å². The van der Waals surface area contributed by atoms with Gasteiger partial charge in [-0.25, -0.2) is 22.0 Å². The zero-order chi connectivity index (χ0) is 27.5. The van der Waals surface area contributed by atoms with E-state index in [2.05, 4.69) is 0 Å². The third-order valence-corrected chi connectivity index (χ3v) is 6.43. The van der Waals surface area contributed by atoms with Crippen molar-refractivity contribution in [3.8, 4) is 11.1 Å². The van der Waals surface area contributed by atoms with Gasteiger partial charge in [-0.05, 0) is 79.8 Å². The van der Waals surface area contributed by atoms with Gasteiger partial charge in [-0.15, -0.1) is 0 Å². The lowest BCUT2D eigenvalue weighted by Gasteiger charge is -2.28. The van der Waals surface area contributed by atoms with Crippen LogP contribution in [0.4, 0.5) is 43.9 Å². The highest BCUT2D eigenvalue weighted by Gasteiger charge is 2.59. The van der Waals surface area contributed by atoms with Crippen molar-refractivity contribution in [1.82, 2.24) is 0 Å². The van der Waals surface area contributed by atoms with Crippen molar-refractivity contribution in [2.75, 3.05) is 13.9 Å². The van der Waals surface area contributed by atoms with Crippen molar-refractivity contribution >= 4 is 0 Å². The zero-order valence-corrected chi connectivity index (χ0v) is 19.6. The Bertz CT molecular complexity index is 1030. The van der Waals surface area contributed by atoms with Crippen molar-refractivity contribution in [3.05, 3.63) is 58.7 Å². The van der Waals surface area contributed by atoms with Gasteiger partial charge in [-0.2, -0.15) is 22.0 Å². The summed E-state index contributed by atoms with van der Waals surface area (Å²) in [4.78, 5) is 0. The van der Waals surface area contributed by atoms with Crippen LogP contribution in [0, 0.1) is 29.2 Å². The molecule has 1 fully saturated rings. The lowest BCUT2D eigenvalue weighted by Crippen LogP contribution is -2.40. The Labute approximate surface area is 206 Å². The molecule has 3 rings (SSSR count). The molecule has 12 heteroatoms. The van der Waals surface area contributed by atoms with Gasteiger partial charge in [0.2, 0.25) is 0 Å². The van der Waals surface area contributed by atoms with Gasteiger partial charge in [0.25, 0.3) is 6.17 Å². The second-order valence-electron chi connectivity index (χ2n) is 9.03. The number of hydrogen-bond acceptors (Lipinski definition) is 2. The van der Waals surface area contributed by atoms with Crippen LogP contribution in [0.2, 0.25) is 0 Å². The van der Waals surface area contributed by atoms with Crippen LogP contribution in [0.25, 0.3) is 11.1 Å². The van der Waals surface area contributed by atoms with E-state index in [1.165, 1.54) is 7.11 Å². The molecule has 0 spiro atoms. The minimum atomic E-state index is -6.10. The molecular weight excluding hydrogens is 522 g/mol. The van der Waals surface area contributed by atoms with Gasteiger partial charge in [-0.3, -0.25) is 0 Å². The molecule has 2 aromatic carbocycles. The first-order valence-electron chi connectivity index (χ1n) is 11.4. The fraction of sp³-hybridized carbons (Fsp3) is 0.520. The highest BCUT2D eigenvalue weighted by Crippen LogP contribution is 2.45. The summed E-state index contributed by atoms with van der Waals surface area (Å²) in [5, 5.41) is 0. The quantitative estimate of drug-likeness (QED) is 0.234. The van der Waals surface area contributed by atoms with Gasteiger partial charge in [-0.1, -0.05) is 0 Å². The number of ether oxygens (including phenoxy) is 2. The van der Waals surface area contributed by atoms with Gasteiger partial charge >= 0.3 is 12.1 Å². The number of benzene rings is 2. The van der Waals surface area contributed by atoms with Gasteiger partial charge in [0.15, 0.2) is 0 Å². The third-order valence-electron chi connectivity index (χ3n) is 6.43. The van der Waals surface area contributed by atoms with Crippen LogP contribution in [0.3, 0.4) is 0 Å². The summed E-state index contributed by atoms with van der Waals surface area (Å²) in [5.74, 6) is -12.4. The van der Waals surface area contributed by atoms with Crippen LogP contribution < -0.4 is 0 Å². The maximum Gasteiger partial charge on any atom is 0.426 e. The topological polar surface area (TPSA) is 18.5 Å². The molecule has 0 N–H and O–H groups in total. The maximum atomic E-state index is 14.7. The van der Waals surface area contributed by atoms with Crippen LogP contribution in [0.15, 0.2) is 24.3 Å². The van der Waals surface area contributed by atoms with Crippen molar-refractivity contribution in [3.63, 3.8) is 0 Å². The Balaban J connectivity index is 1.76. The molecule has 0 amide bonds. The Kier molecular flexibility index (Phi) is 9.15. The molecule has 0 aromatic heterocycles. The smallest absolute Gasteiger partial charge is 0.359 e. The fourth-order valence-corrected chi connectivity index (χ4v) is 4.54. The highest BCUT2D eigenvalue weighted by molar-refractivity contribution is 5.66. The normalized spacial score (nSPS) is 19.8. The molecular formula is C25H24F10O2. The van der Waals surface area contributed by atoms with Gasteiger partial charge in [0, 0.05) is 7.11 Å². The molecule has 0 bridgehead atoms. The average molecular weight is 546 g/mol. The summed E-state index contributed by atoms with van der Waals surface area (Å²) >= 11 is 0. The second-order valence-corrected chi connectivity index (χ2v) is 9.03. The first-order valence-corrected chi connectivity index (χ1v) is 11.4. The van der Waals surface area contributed by atoms with E-state index in [4.69, 9.17) is 9.47 Å². The Hall–Kier alpha value is -2.34. The van der Waals surface area contributed by atoms with Gasteiger partial charge in [0.1, 0.15) is 30.1 Å². The molecule has 206 valence electrons. The van der Waals surface area contributed by atoms with E-state index >= 15 is 0 Å². The van der Waals surface area contributed by atoms with Crippen LogP contribution in [-0.2, 0) is 21.8 Å². The van der Waals surface area contributed by atoms with Crippen LogP contribution in [0.1, 0.15) is 43.2 Å². The predicted octanol–water partition coefficient (Wildman–Crippen LogP) is 8.01. The highest BCUT2D eigenvalue weighted by atomic mass is 19.4. The lowest BCUT2D eigenvalue weighted by atomic mass is 9.83. The van der Waals surface area contributed by atoms with Crippen molar-refractivity contribution < 1.29 is 53.4 Å². The molecule has 1 unspecified atom stereocenters. The molecule has 1 aliphatic rings. The molecule has 0 radical (unpaired) electrons. The van der Waals surface area contributed by atoms with Gasteiger partial charge < -0.3 is 9.47 Å². The lowest BCUT2D eigenvalue weighted by molar-refractivity contribution is -0.249. The molecule has 1 aliphatic carbocycles. The van der Waals surface area contributed by atoms with Crippen molar-refractivity contribution in [1.29, 1.82) is 0 Å². The van der Waals surface area contributed by atoms with E-state index in [0.29, 0.717) is 18.8 Å². The minimum absolute atomic E-state index is 0.0423. The van der Waals surface area contributed by atoms with Crippen molar-refractivity contribution in [2.24, 2.45) is 5.92 Å². The Morgan fingerprint density at radius 3 is 1.86 bits per heavy atom. The molecule has 0 heterocycles. The molecule has 37 heavy (non-hydrogen) atoms. The number of methoxy groups -OCH3 is 1. The minimum Gasteiger partial charge on any atom is -0.359 e. The summed E-state index contributed by atoms with van der Waals surface area (Å²) < 4.78 is 147. The van der Waals surface area contributed by atoms with E-state index < -0.39 is 58.2 Å². The van der Waals surface area contributed by atoms with Crippen LogP contribution in [0.5, 0.6) is 0 Å². The largest absolute Gasteiger partial charge is 0.426 e. The van der Waals surface area contributed by atoms with Crippen LogP contribution in [-0.4, -0.2) is 32.4 Å². The first kappa shape index (κ1) is 29.2. The number of halogens is 10. The van der Waals surface area contributed by atoms with E-state index in [-0.39, 0.29) is 30.6 Å². The molecule has 2 aromatic rings. The Morgan fingerprint density at radius 1 is 0.838 bits per heavy atom. The maximum absolute atomic E-state index is 14.7. The monoisotopic (exact) mass is 546 g/mol. The van der Waals surface area contributed by atoms with E-state index in [9.17, 15) is 43.9 Å². The van der Waals surface area contributed by atoms with E-state index in [1.807, 2.05) is 0 Å². The SMILES string of the molecule is COCOC1CCC(CCc2cc(F)c(-c3cc(F)c(C(F)(F)C(F)C(F)(F)F)c(F)c3)c(F)c2)CC1. The molecule has 0 saturated heterocycles. The van der Waals surface area contributed by atoms with E-state index in [0.717, 1.165) is 37.8 Å². The van der Waals surface area contributed by atoms with Crippen LogP contribution >= 0.6 is 0 Å². The fourth-order valence-electron chi connectivity index (χ4n) is 4.54. The summed E-state index contributed by atoms with van der Waals surface area (Å²) in [6.45, 7) is 0.198. The average Bonchev–Trinajstić information content (AvgIpc) is 2.80. The molecule has 1 atom stereocenters. The predicted molar refractivity (Wildman–Crippen MR) is 114 cm³/mol. The number of alkyl halides is 6. The summed E-state index contributed by atoms with van der Waals surface area (Å²) in [5.41, 5.74) is -4.06. The third kappa shape index (κ3) is 6.76. The van der Waals surface area contributed by atoms with Crippen molar-refractivity contribution in [2.45, 2.75) is 62.9 Å². The summed E-state index contributed by atoms with van der Waals surface area (Å²) in [7, 11) is 1.52.